The van der Waals surface area contributed by atoms with Gasteiger partial charge < -0.3 is 9.47 Å². The van der Waals surface area contributed by atoms with Crippen LogP contribution in [-0.2, 0) is 28.4 Å². The lowest BCUT2D eigenvalue weighted by atomic mass is 9.73. The second kappa shape index (κ2) is 11.8. The van der Waals surface area contributed by atoms with Crippen LogP contribution in [0.2, 0.25) is 0 Å². The maximum Gasteiger partial charge on any atom is 0.416 e. The van der Waals surface area contributed by atoms with E-state index in [4.69, 9.17) is 9.47 Å². The van der Waals surface area contributed by atoms with Gasteiger partial charge in [0, 0.05) is 13.0 Å². The van der Waals surface area contributed by atoms with Gasteiger partial charge in [0.1, 0.15) is 0 Å². The highest BCUT2D eigenvalue weighted by Crippen LogP contribution is 2.55. The van der Waals surface area contributed by atoms with Gasteiger partial charge in [-0.1, -0.05) is 32.0 Å². The number of rotatable bonds is 5. The Balaban J connectivity index is 2.31. The predicted octanol–water partition coefficient (Wildman–Crippen LogP) is 8.75. The van der Waals surface area contributed by atoms with Gasteiger partial charge in [0.15, 0.2) is 5.54 Å². The Labute approximate surface area is 241 Å². The number of anilines is 1. The minimum absolute atomic E-state index is 0.0304. The van der Waals surface area contributed by atoms with Crippen molar-refractivity contribution in [1.29, 1.82) is 0 Å². The molecule has 3 rings (SSSR count). The van der Waals surface area contributed by atoms with Crippen molar-refractivity contribution in [2.75, 3.05) is 12.0 Å². The number of fused-ring (bicyclic) bond motifs is 1. The zero-order valence-electron chi connectivity index (χ0n) is 23.6. The van der Waals surface area contributed by atoms with Gasteiger partial charge in [0.25, 0.3) is 0 Å². The second-order valence-corrected chi connectivity index (χ2v) is 10.6. The van der Waals surface area contributed by atoms with Crippen LogP contribution in [0.4, 0.5) is 54.8 Å². The molecule has 2 atom stereocenters. The van der Waals surface area contributed by atoms with Crippen molar-refractivity contribution in [1.82, 2.24) is 4.90 Å². The van der Waals surface area contributed by atoms with E-state index in [0.717, 1.165) is 7.11 Å². The lowest BCUT2D eigenvalue weighted by molar-refractivity contribution is -0.206. The van der Waals surface area contributed by atoms with Gasteiger partial charge >= 0.3 is 30.7 Å². The standard InChI is InChI=1S/C28H29F9N2O4/c1-15(2)25(28(35,36)37)13-22(20-8-6-7-9-21(20)39(25)24(41)43-16(3)4)38(23(40)42-5)14-17-10-18(26(29,30)31)12-19(11-17)27(32,33)34/h6-12,15-16,22H,13-14H2,1-5H3/t22-,25-/m0/s1. The van der Waals surface area contributed by atoms with Crippen LogP contribution >= 0.6 is 0 Å². The molecule has 238 valence electrons. The molecular formula is C28H29F9N2O4. The van der Waals surface area contributed by atoms with Crippen molar-refractivity contribution >= 4 is 17.9 Å². The highest BCUT2D eigenvalue weighted by atomic mass is 19.4. The Hall–Kier alpha value is -3.65. The molecule has 2 aromatic carbocycles. The summed E-state index contributed by atoms with van der Waals surface area (Å²) in [7, 11) is 0.864. The van der Waals surface area contributed by atoms with Crippen LogP contribution < -0.4 is 4.90 Å². The molecule has 0 radical (unpaired) electrons. The molecule has 1 aliphatic rings. The maximum absolute atomic E-state index is 15.2. The van der Waals surface area contributed by atoms with E-state index in [0.29, 0.717) is 21.9 Å². The highest BCUT2D eigenvalue weighted by Gasteiger charge is 2.66. The number of alkyl halides is 9. The third-order valence-electron chi connectivity index (χ3n) is 7.19. The molecule has 0 aromatic heterocycles. The fourth-order valence-corrected chi connectivity index (χ4v) is 5.27. The largest absolute Gasteiger partial charge is 0.453 e. The van der Waals surface area contributed by atoms with E-state index >= 15 is 13.2 Å². The second-order valence-electron chi connectivity index (χ2n) is 10.6. The summed E-state index contributed by atoms with van der Waals surface area (Å²) in [5.41, 5.74) is -7.34. The van der Waals surface area contributed by atoms with Crippen LogP contribution in [0.25, 0.3) is 0 Å². The Morgan fingerprint density at radius 3 is 1.91 bits per heavy atom. The van der Waals surface area contributed by atoms with Crippen LogP contribution in [-0.4, -0.2) is 42.0 Å². The molecule has 0 N–H and O–H groups in total. The number of carbonyl (C=O) groups excluding carboxylic acids is 2. The first-order valence-corrected chi connectivity index (χ1v) is 12.9. The number of hydrogen-bond acceptors (Lipinski definition) is 4. The first-order chi connectivity index (χ1) is 19.6. The number of methoxy groups -OCH3 is 1. The number of carbonyl (C=O) groups is 2. The van der Waals surface area contributed by atoms with Crippen molar-refractivity contribution in [3.05, 3.63) is 64.7 Å². The molecule has 6 nitrogen and oxygen atoms in total. The lowest BCUT2D eigenvalue weighted by Gasteiger charge is -2.53. The summed E-state index contributed by atoms with van der Waals surface area (Å²) in [6.45, 7) is 4.27. The first-order valence-electron chi connectivity index (χ1n) is 12.9. The number of halogens is 9. The topological polar surface area (TPSA) is 59.1 Å². The lowest BCUT2D eigenvalue weighted by Crippen LogP contribution is -2.68. The molecule has 0 unspecified atom stereocenters. The van der Waals surface area contributed by atoms with Gasteiger partial charge in [0.05, 0.1) is 36.1 Å². The fourth-order valence-electron chi connectivity index (χ4n) is 5.27. The monoisotopic (exact) mass is 628 g/mol. The van der Waals surface area contributed by atoms with Crippen molar-refractivity contribution in [2.45, 2.75) is 76.9 Å². The Bertz CT molecular complexity index is 1310. The quantitative estimate of drug-likeness (QED) is 0.311. The van der Waals surface area contributed by atoms with Crippen molar-refractivity contribution in [3.63, 3.8) is 0 Å². The molecule has 0 aliphatic carbocycles. The average molecular weight is 629 g/mol. The predicted molar refractivity (Wildman–Crippen MR) is 136 cm³/mol. The van der Waals surface area contributed by atoms with Gasteiger partial charge in [-0.3, -0.25) is 9.80 Å². The van der Waals surface area contributed by atoms with E-state index in [1.54, 1.807) is 0 Å². The highest BCUT2D eigenvalue weighted by molar-refractivity contribution is 5.92. The van der Waals surface area contributed by atoms with Gasteiger partial charge in [-0.05, 0) is 55.2 Å². The minimum Gasteiger partial charge on any atom is -0.453 e. The van der Waals surface area contributed by atoms with E-state index in [1.807, 2.05) is 0 Å². The molecular weight excluding hydrogens is 599 g/mol. The SMILES string of the molecule is COC(=O)N(Cc1cc(C(F)(F)F)cc(C(F)(F)F)c1)[C@H]1C[C@](C(C)C)(C(F)(F)F)N(C(=O)OC(C)C)c2ccccc21. The molecule has 43 heavy (non-hydrogen) atoms. The summed E-state index contributed by atoms with van der Waals surface area (Å²) in [6, 6.07) is 4.27. The molecule has 1 aliphatic heterocycles. The van der Waals surface area contributed by atoms with Gasteiger partial charge in [-0.15, -0.1) is 0 Å². The zero-order chi connectivity index (χ0) is 32.7. The van der Waals surface area contributed by atoms with E-state index < -0.39 is 84.0 Å². The van der Waals surface area contributed by atoms with Crippen LogP contribution in [0.1, 0.15) is 62.4 Å². The fraction of sp³-hybridized carbons (Fsp3) is 0.500. The van der Waals surface area contributed by atoms with E-state index in [2.05, 4.69) is 0 Å². The summed E-state index contributed by atoms with van der Waals surface area (Å²) < 4.78 is 137. The Morgan fingerprint density at radius 1 is 0.930 bits per heavy atom. The summed E-state index contributed by atoms with van der Waals surface area (Å²) in [5.74, 6) is -1.37. The van der Waals surface area contributed by atoms with Gasteiger partial charge in [-0.25, -0.2) is 9.59 Å². The molecule has 0 saturated heterocycles. The third-order valence-corrected chi connectivity index (χ3v) is 7.19. The molecule has 0 spiro atoms. The van der Waals surface area contributed by atoms with E-state index in [9.17, 15) is 35.9 Å². The molecule has 2 aromatic rings. The Morgan fingerprint density at radius 2 is 1.47 bits per heavy atom. The Kier molecular flexibility index (Phi) is 9.28. The molecule has 0 bridgehead atoms. The summed E-state index contributed by atoms with van der Waals surface area (Å²) >= 11 is 0. The smallest absolute Gasteiger partial charge is 0.416 e. The molecule has 2 amide bonds. The normalized spacial score (nSPS) is 19.3. The van der Waals surface area contributed by atoms with Gasteiger partial charge in [-0.2, -0.15) is 39.5 Å². The van der Waals surface area contributed by atoms with Gasteiger partial charge in [0.2, 0.25) is 0 Å². The van der Waals surface area contributed by atoms with Crippen LogP contribution in [0.15, 0.2) is 42.5 Å². The molecule has 1 heterocycles. The summed E-state index contributed by atoms with van der Waals surface area (Å²) in [6.07, 6.45) is -20.0. The number of para-hydroxylation sites is 1. The van der Waals surface area contributed by atoms with E-state index in [1.165, 1.54) is 52.0 Å². The number of nitrogens with zero attached hydrogens (tertiary/aromatic N) is 2. The number of hydrogen-bond donors (Lipinski definition) is 0. The summed E-state index contributed by atoms with van der Waals surface area (Å²) in [4.78, 5) is 27.4. The number of amides is 2. The third kappa shape index (κ3) is 6.64. The van der Waals surface area contributed by atoms with E-state index in [-0.39, 0.29) is 17.3 Å². The van der Waals surface area contributed by atoms with Crippen molar-refractivity contribution < 1.29 is 58.6 Å². The summed E-state index contributed by atoms with van der Waals surface area (Å²) in [5, 5.41) is 0. The molecule has 0 fully saturated rings. The van der Waals surface area contributed by atoms with Crippen molar-refractivity contribution in [2.24, 2.45) is 5.92 Å². The van der Waals surface area contributed by atoms with Crippen LogP contribution in [0.3, 0.4) is 0 Å². The number of ether oxygens (including phenoxy) is 2. The zero-order valence-corrected chi connectivity index (χ0v) is 23.6. The number of benzene rings is 2. The maximum atomic E-state index is 15.2. The first kappa shape index (κ1) is 33.8. The van der Waals surface area contributed by atoms with Crippen LogP contribution in [0, 0.1) is 5.92 Å². The molecule has 15 heteroatoms. The minimum atomic E-state index is -5.20. The van der Waals surface area contributed by atoms with Crippen molar-refractivity contribution in [3.8, 4) is 0 Å². The average Bonchev–Trinajstić information content (AvgIpc) is 2.88. The van der Waals surface area contributed by atoms with Crippen LogP contribution in [0.5, 0.6) is 0 Å². The molecule has 0 saturated carbocycles.